The molecule has 98 valence electrons. The van der Waals surface area contributed by atoms with Gasteiger partial charge in [0.05, 0.1) is 5.60 Å². The van der Waals surface area contributed by atoms with Gasteiger partial charge < -0.3 is 10.3 Å². The topological polar surface area (TPSA) is 52.5 Å². The molecule has 0 unspecified atom stereocenters. The quantitative estimate of drug-likeness (QED) is 0.504. The van der Waals surface area contributed by atoms with Crippen LogP contribution in [0.25, 0.3) is 0 Å². The standard InChI is InChI=1S/C5H13NO.C4H10O.C2H6.CH4/c1-2-3-4-5-6-7;1-4(2,3)5;1-2;/h6-7H,2-5H2,1H3;5H,1-3H3;1-2H3;1H4. The van der Waals surface area contributed by atoms with E-state index in [4.69, 9.17) is 10.3 Å². The summed E-state index contributed by atoms with van der Waals surface area (Å²) in [6.07, 6.45) is 3.49. The van der Waals surface area contributed by atoms with Gasteiger partial charge in [-0.25, -0.2) is 5.48 Å². The molecule has 0 aliphatic rings. The number of hydroxylamine groups is 1. The summed E-state index contributed by atoms with van der Waals surface area (Å²) in [6, 6.07) is 0. The minimum Gasteiger partial charge on any atom is -0.391 e. The number of nitrogens with one attached hydrogen (secondary N) is 1. The molecule has 0 aromatic rings. The van der Waals surface area contributed by atoms with Gasteiger partial charge in [-0.3, -0.25) is 0 Å². The van der Waals surface area contributed by atoms with E-state index in [1.54, 1.807) is 20.8 Å². The molecule has 0 rings (SSSR count). The Hall–Kier alpha value is -0.120. The number of rotatable bonds is 4. The van der Waals surface area contributed by atoms with E-state index in [1.807, 2.05) is 13.8 Å². The van der Waals surface area contributed by atoms with Crippen LogP contribution in [0.2, 0.25) is 0 Å². The first kappa shape index (κ1) is 24.2. The molecular formula is C12H33NO2. The Morgan fingerprint density at radius 2 is 1.40 bits per heavy atom. The van der Waals surface area contributed by atoms with Gasteiger partial charge in [-0.05, 0) is 27.2 Å². The van der Waals surface area contributed by atoms with Gasteiger partial charge in [0.1, 0.15) is 0 Å². The van der Waals surface area contributed by atoms with Crippen molar-refractivity contribution in [3.05, 3.63) is 0 Å². The molecular weight excluding hydrogens is 190 g/mol. The molecule has 15 heavy (non-hydrogen) atoms. The van der Waals surface area contributed by atoms with Crippen molar-refractivity contribution in [1.29, 1.82) is 0 Å². The van der Waals surface area contributed by atoms with E-state index < -0.39 is 5.60 Å². The summed E-state index contributed by atoms with van der Waals surface area (Å²) < 4.78 is 0. The second-order valence-electron chi connectivity index (χ2n) is 3.79. The Morgan fingerprint density at radius 3 is 1.60 bits per heavy atom. The van der Waals surface area contributed by atoms with E-state index in [0.29, 0.717) is 0 Å². The maximum absolute atomic E-state index is 8.52. The van der Waals surface area contributed by atoms with Crippen LogP contribution in [0.15, 0.2) is 0 Å². The van der Waals surface area contributed by atoms with Crippen molar-refractivity contribution in [3.8, 4) is 0 Å². The molecule has 0 aromatic carbocycles. The van der Waals surface area contributed by atoms with Crippen molar-refractivity contribution < 1.29 is 10.3 Å². The molecule has 0 fully saturated rings. The average Bonchev–Trinajstić information content (AvgIpc) is 2.06. The van der Waals surface area contributed by atoms with Crippen LogP contribution in [0.3, 0.4) is 0 Å². The van der Waals surface area contributed by atoms with Gasteiger partial charge in [0.15, 0.2) is 0 Å². The summed E-state index contributed by atoms with van der Waals surface area (Å²) in [6.45, 7) is 12.1. The van der Waals surface area contributed by atoms with Gasteiger partial charge in [-0.15, -0.1) is 0 Å². The summed E-state index contributed by atoms with van der Waals surface area (Å²) in [5.74, 6) is 0. The summed E-state index contributed by atoms with van der Waals surface area (Å²) in [5.41, 5.74) is 1.60. The van der Waals surface area contributed by atoms with E-state index >= 15 is 0 Å². The molecule has 3 N–H and O–H groups in total. The van der Waals surface area contributed by atoms with E-state index in [1.165, 1.54) is 12.8 Å². The number of aliphatic hydroxyl groups is 1. The molecule has 0 aliphatic carbocycles. The lowest BCUT2D eigenvalue weighted by Gasteiger charge is -2.04. The summed E-state index contributed by atoms with van der Waals surface area (Å²) in [7, 11) is 0. The van der Waals surface area contributed by atoms with E-state index in [-0.39, 0.29) is 7.43 Å². The van der Waals surface area contributed by atoms with Crippen molar-refractivity contribution in [2.24, 2.45) is 0 Å². The Kier molecular flexibility index (Phi) is 31.4. The Labute approximate surface area is 96.9 Å². The zero-order valence-electron chi connectivity index (χ0n) is 10.7. The largest absolute Gasteiger partial charge is 0.391 e. The molecule has 0 spiro atoms. The minimum absolute atomic E-state index is 0. The van der Waals surface area contributed by atoms with Gasteiger partial charge in [0.2, 0.25) is 0 Å². The predicted octanol–water partition coefficient (Wildman–Crippen LogP) is 3.59. The van der Waals surface area contributed by atoms with Crippen molar-refractivity contribution in [3.63, 3.8) is 0 Å². The third-order valence-corrected chi connectivity index (χ3v) is 0.892. The third-order valence-electron chi connectivity index (χ3n) is 0.892. The lowest BCUT2D eigenvalue weighted by atomic mass is 10.2. The lowest BCUT2D eigenvalue weighted by Crippen LogP contribution is -2.10. The first-order chi connectivity index (χ1) is 6.41. The highest BCUT2D eigenvalue weighted by Gasteiger charge is 1.97. The highest BCUT2D eigenvalue weighted by Crippen LogP contribution is 1.93. The van der Waals surface area contributed by atoms with Crippen LogP contribution in [-0.4, -0.2) is 22.5 Å². The first-order valence-electron chi connectivity index (χ1n) is 5.51. The molecule has 0 atom stereocenters. The fourth-order valence-corrected chi connectivity index (χ4v) is 0.454. The first-order valence-corrected chi connectivity index (χ1v) is 5.51. The summed E-state index contributed by atoms with van der Waals surface area (Å²) in [5, 5.41) is 16.6. The molecule has 0 radical (unpaired) electrons. The molecule has 0 aliphatic heterocycles. The van der Waals surface area contributed by atoms with Gasteiger partial charge in [-0.1, -0.05) is 41.0 Å². The lowest BCUT2D eigenvalue weighted by molar-refractivity contribution is 0.102. The average molecular weight is 223 g/mol. The number of unbranched alkanes of at least 4 members (excludes halogenated alkanes) is 2. The predicted molar refractivity (Wildman–Crippen MR) is 69.4 cm³/mol. The van der Waals surface area contributed by atoms with Crippen LogP contribution >= 0.6 is 0 Å². The molecule has 0 aromatic heterocycles. The fraction of sp³-hybridized carbons (Fsp3) is 1.00. The van der Waals surface area contributed by atoms with Crippen LogP contribution in [0, 0.1) is 0 Å². The van der Waals surface area contributed by atoms with Gasteiger partial charge in [0, 0.05) is 6.54 Å². The maximum atomic E-state index is 8.52. The Balaban J connectivity index is -0.0000000675. The number of hydrogen-bond acceptors (Lipinski definition) is 3. The highest BCUT2D eigenvalue weighted by molar-refractivity contribution is 4.50. The Bertz CT molecular complexity index is 70.2. The summed E-state index contributed by atoms with van der Waals surface area (Å²) >= 11 is 0. The smallest absolute Gasteiger partial charge is 0.0563 e. The van der Waals surface area contributed by atoms with Crippen LogP contribution in [0.4, 0.5) is 0 Å². The second kappa shape index (κ2) is 19.5. The third kappa shape index (κ3) is 130. The second-order valence-corrected chi connectivity index (χ2v) is 3.79. The molecule has 0 bridgehead atoms. The highest BCUT2D eigenvalue weighted by atomic mass is 16.5. The zero-order chi connectivity index (χ0) is 12.0. The van der Waals surface area contributed by atoms with Crippen LogP contribution < -0.4 is 5.48 Å². The van der Waals surface area contributed by atoms with Crippen LogP contribution in [-0.2, 0) is 0 Å². The maximum Gasteiger partial charge on any atom is 0.0563 e. The molecule has 0 amide bonds. The van der Waals surface area contributed by atoms with Gasteiger partial charge >= 0.3 is 0 Å². The zero-order valence-corrected chi connectivity index (χ0v) is 10.7. The van der Waals surface area contributed by atoms with E-state index in [0.717, 1.165) is 13.0 Å². The van der Waals surface area contributed by atoms with E-state index in [9.17, 15) is 0 Å². The van der Waals surface area contributed by atoms with Crippen LogP contribution in [0.1, 0.15) is 68.2 Å². The van der Waals surface area contributed by atoms with Crippen molar-refractivity contribution in [1.82, 2.24) is 5.48 Å². The number of hydrogen-bond donors (Lipinski definition) is 3. The molecule has 0 saturated heterocycles. The molecule has 0 saturated carbocycles. The molecule has 3 nitrogen and oxygen atoms in total. The van der Waals surface area contributed by atoms with Gasteiger partial charge in [0.25, 0.3) is 0 Å². The Morgan fingerprint density at radius 1 is 1.07 bits per heavy atom. The van der Waals surface area contributed by atoms with Crippen molar-refractivity contribution >= 4 is 0 Å². The SMILES string of the molecule is C.CC.CC(C)(C)O.CCCCCNO. The van der Waals surface area contributed by atoms with Crippen molar-refractivity contribution in [2.75, 3.05) is 6.54 Å². The summed E-state index contributed by atoms with van der Waals surface area (Å²) in [4.78, 5) is 0. The monoisotopic (exact) mass is 223 g/mol. The minimum atomic E-state index is -0.500. The fourth-order valence-electron chi connectivity index (χ4n) is 0.454. The van der Waals surface area contributed by atoms with Gasteiger partial charge in [-0.2, -0.15) is 0 Å². The van der Waals surface area contributed by atoms with Crippen molar-refractivity contribution in [2.45, 2.75) is 73.8 Å². The molecule has 3 heteroatoms. The van der Waals surface area contributed by atoms with Crippen LogP contribution in [0.5, 0.6) is 0 Å². The normalized spacial score (nSPS) is 8.80. The molecule has 0 heterocycles. The van der Waals surface area contributed by atoms with E-state index in [2.05, 4.69) is 12.4 Å².